The third kappa shape index (κ3) is 2.54. The first-order valence-electron chi connectivity index (χ1n) is 6.53. The summed E-state index contributed by atoms with van der Waals surface area (Å²) in [5.74, 6) is -0.400. The van der Waals surface area contributed by atoms with Crippen LogP contribution in [0.4, 0.5) is 0 Å². The molecule has 0 aromatic heterocycles. The summed E-state index contributed by atoms with van der Waals surface area (Å²) >= 11 is 3.42. The van der Waals surface area contributed by atoms with Crippen LogP contribution in [0.5, 0.6) is 5.75 Å². The summed E-state index contributed by atoms with van der Waals surface area (Å²) in [5, 5.41) is 19.9. The summed E-state index contributed by atoms with van der Waals surface area (Å²) in [6, 6.07) is 10.2. The van der Waals surface area contributed by atoms with Gasteiger partial charge < -0.3 is 14.9 Å². The topological polar surface area (TPSA) is 66.8 Å². The first-order valence-corrected chi connectivity index (χ1v) is 7.32. The summed E-state index contributed by atoms with van der Waals surface area (Å²) in [6.45, 7) is 0.575. The Labute approximate surface area is 130 Å². The molecule has 0 saturated carbocycles. The van der Waals surface area contributed by atoms with Crippen LogP contribution in [0.2, 0.25) is 0 Å². The molecule has 1 heterocycles. The van der Waals surface area contributed by atoms with Crippen molar-refractivity contribution in [3.8, 4) is 5.75 Å². The van der Waals surface area contributed by atoms with E-state index in [9.17, 15) is 15.0 Å². The van der Waals surface area contributed by atoms with Crippen LogP contribution >= 0.6 is 15.9 Å². The molecule has 0 fully saturated rings. The van der Waals surface area contributed by atoms with Gasteiger partial charge in [-0.3, -0.25) is 0 Å². The molecule has 3 rings (SSSR count). The minimum atomic E-state index is -1.06. The molecule has 5 heteroatoms. The second kappa shape index (κ2) is 5.50. The number of carbonyl (C=O) groups is 1. The Morgan fingerprint density at radius 3 is 2.76 bits per heavy atom. The highest BCUT2D eigenvalue weighted by Gasteiger charge is 2.25. The molecule has 108 valence electrons. The molecule has 0 bridgehead atoms. The summed E-state index contributed by atoms with van der Waals surface area (Å²) in [6.07, 6.45) is -0.253. The average Bonchev–Trinajstić information content (AvgIpc) is 2.93. The third-order valence-corrected chi connectivity index (χ3v) is 4.02. The van der Waals surface area contributed by atoms with Crippen molar-refractivity contribution in [3.05, 3.63) is 63.1 Å². The minimum absolute atomic E-state index is 0.0942. The maximum absolute atomic E-state index is 11.3. The fourth-order valence-electron chi connectivity index (χ4n) is 2.60. The van der Waals surface area contributed by atoms with Crippen molar-refractivity contribution >= 4 is 21.9 Å². The maximum atomic E-state index is 11.3. The molecule has 4 nitrogen and oxygen atoms in total. The number of aliphatic hydroxyl groups excluding tert-OH is 1. The van der Waals surface area contributed by atoms with Gasteiger partial charge in [0.2, 0.25) is 0 Å². The molecular weight excluding hydrogens is 336 g/mol. The van der Waals surface area contributed by atoms with Crippen molar-refractivity contribution in [2.45, 2.75) is 12.5 Å². The lowest BCUT2D eigenvalue weighted by Gasteiger charge is -2.17. The number of aromatic carboxylic acids is 1. The Balaban J connectivity index is 2.12. The smallest absolute Gasteiger partial charge is 0.336 e. The van der Waals surface area contributed by atoms with E-state index in [-0.39, 0.29) is 5.56 Å². The Morgan fingerprint density at radius 2 is 2.00 bits per heavy atom. The molecule has 1 unspecified atom stereocenters. The highest BCUT2D eigenvalue weighted by molar-refractivity contribution is 9.10. The van der Waals surface area contributed by atoms with Crippen molar-refractivity contribution in [2.75, 3.05) is 6.61 Å². The van der Waals surface area contributed by atoms with E-state index in [4.69, 9.17) is 4.74 Å². The van der Waals surface area contributed by atoms with Gasteiger partial charge in [0.15, 0.2) is 0 Å². The Kier molecular flexibility index (Phi) is 3.69. The van der Waals surface area contributed by atoms with E-state index in [1.54, 1.807) is 24.3 Å². The first kappa shape index (κ1) is 14.1. The van der Waals surface area contributed by atoms with E-state index in [1.807, 2.05) is 6.07 Å². The summed E-state index contributed by atoms with van der Waals surface area (Å²) < 4.78 is 6.44. The molecule has 0 saturated heterocycles. The van der Waals surface area contributed by atoms with Crippen molar-refractivity contribution < 1.29 is 19.7 Å². The number of carboxylic acids is 1. The fourth-order valence-corrected chi connectivity index (χ4v) is 3.12. The predicted molar refractivity (Wildman–Crippen MR) is 80.8 cm³/mol. The number of hydrogen-bond acceptors (Lipinski definition) is 3. The van der Waals surface area contributed by atoms with Crippen LogP contribution in [0.3, 0.4) is 0 Å². The summed E-state index contributed by atoms with van der Waals surface area (Å²) in [5.41, 5.74) is 2.06. The third-order valence-electron chi connectivity index (χ3n) is 3.56. The maximum Gasteiger partial charge on any atom is 0.336 e. The van der Waals surface area contributed by atoms with E-state index in [0.717, 1.165) is 16.5 Å². The second-order valence-electron chi connectivity index (χ2n) is 4.88. The van der Waals surface area contributed by atoms with Gasteiger partial charge in [0.25, 0.3) is 0 Å². The molecule has 2 aromatic carbocycles. The van der Waals surface area contributed by atoms with Crippen LogP contribution in [0.15, 0.2) is 40.9 Å². The minimum Gasteiger partial charge on any atom is -0.493 e. The number of rotatable bonds is 3. The molecule has 0 spiro atoms. The van der Waals surface area contributed by atoms with E-state index in [0.29, 0.717) is 23.5 Å². The van der Waals surface area contributed by atoms with Gasteiger partial charge in [0.1, 0.15) is 11.9 Å². The highest BCUT2D eigenvalue weighted by Crippen LogP contribution is 2.39. The van der Waals surface area contributed by atoms with Gasteiger partial charge in [-0.2, -0.15) is 0 Å². The van der Waals surface area contributed by atoms with Crippen LogP contribution in [-0.4, -0.2) is 22.8 Å². The number of aliphatic hydroxyl groups is 1. The van der Waals surface area contributed by atoms with Crippen LogP contribution in [-0.2, 0) is 6.42 Å². The van der Waals surface area contributed by atoms with Gasteiger partial charge in [0.05, 0.1) is 12.2 Å². The molecule has 1 aliphatic rings. The summed E-state index contributed by atoms with van der Waals surface area (Å²) in [4.78, 5) is 11.3. The molecule has 0 amide bonds. The summed E-state index contributed by atoms with van der Waals surface area (Å²) in [7, 11) is 0. The molecule has 21 heavy (non-hydrogen) atoms. The van der Waals surface area contributed by atoms with Crippen molar-refractivity contribution in [3.63, 3.8) is 0 Å². The number of halogens is 1. The largest absolute Gasteiger partial charge is 0.493 e. The van der Waals surface area contributed by atoms with Crippen molar-refractivity contribution in [2.24, 2.45) is 0 Å². The Bertz CT molecular complexity index is 711. The average molecular weight is 349 g/mol. The van der Waals surface area contributed by atoms with E-state index >= 15 is 0 Å². The second-order valence-corrected chi connectivity index (χ2v) is 5.79. The van der Waals surface area contributed by atoms with E-state index < -0.39 is 12.1 Å². The van der Waals surface area contributed by atoms with Gasteiger partial charge in [-0.25, -0.2) is 4.79 Å². The molecular formula is C16H13BrO4. The zero-order valence-corrected chi connectivity index (χ0v) is 12.6. The van der Waals surface area contributed by atoms with Crippen LogP contribution in [0.25, 0.3) is 0 Å². The van der Waals surface area contributed by atoms with Crippen molar-refractivity contribution in [1.29, 1.82) is 0 Å². The quantitative estimate of drug-likeness (QED) is 0.893. The van der Waals surface area contributed by atoms with Gasteiger partial charge in [-0.05, 0) is 29.3 Å². The lowest BCUT2D eigenvalue weighted by Crippen LogP contribution is -2.09. The Morgan fingerprint density at radius 1 is 1.24 bits per heavy atom. The molecule has 0 radical (unpaired) electrons. The Hall–Kier alpha value is -1.85. The molecule has 1 atom stereocenters. The lowest BCUT2D eigenvalue weighted by atomic mass is 9.95. The van der Waals surface area contributed by atoms with Crippen LogP contribution < -0.4 is 4.74 Å². The fraction of sp³-hybridized carbons (Fsp3) is 0.188. The van der Waals surface area contributed by atoms with E-state index in [2.05, 4.69) is 15.9 Å². The lowest BCUT2D eigenvalue weighted by molar-refractivity contribution is 0.0691. The van der Waals surface area contributed by atoms with Crippen molar-refractivity contribution in [1.82, 2.24) is 0 Å². The molecule has 1 aliphatic heterocycles. The van der Waals surface area contributed by atoms with Gasteiger partial charge in [-0.1, -0.05) is 34.1 Å². The monoisotopic (exact) mass is 348 g/mol. The SMILES string of the molecule is O=C(O)c1ccccc1C(O)c1cc(Br)cc2c1OCC2. The number of ether oxygens (including phenoxy) is 1. The van der Waals surface area contributed by atoms with Gasteiger partial charge in [0, 0.05) is 16.5 Å². The normalized spacial score (nSPS) is 14.4. The zero-order chi connectivity index (χ0) is 15.0. The highest BCUT2D eigenvalue weighted by atomic mass is 79.9. The molecule has 2 N–H and O–H groups in total. The standard InChI is InChI=1S/C16H13BrO4/c17-10-7-9-5-6-21-15(9)13(8-10)14(18)11-3-1-2-4-12(11)16(19)20/h1-4,7-8,14,18H,5-6H2,(H,19,20). The predicted octanol–water partition coefficient (Wildman–Crippen LogP) is 3.16. The molecule has 2 aromatic rings. The number of benzene rings is 2. The van der Waals surface area contributed by atoms with Gasteiger partial charge in [-0.15, -0.1) is 0 Å². The molecule has 0 aliphatic carbocycles. The van der Waals surface area contributed by atoms with Crippen LogP contribution in [0, 0.1) is 0 Å². The number of fused-ring (bicyclic) bond motifs is 1. The number of hydrogen-bond donors (Lipinski definition) is 2. The zero-order valence-electron chi connectivity index (χ0n) is 11.0. The van der Waals surface area contributed by atoms with Crippen LogP contribution in [0.1, 0.15) is 33.2 Å². The number of carboxylic acid groups (broad SMARTS) is 1. The van der Waals surface area contributed by atoms with E-state index in [1.165, 1.54) is 6.07 Å². The van der Waals surface area contributed by atoms with Gasteiger partial charge >= 0.3 is 5.97 Å². The first-order chi connectivity index (χ1) is 10.1.